The standard InChI is InChI=1S/C12H19F3N2O2/c1-5-19-10(18)8(6-16)9(12(13,14)15)17-7-11(2,3)4/h6H,5,7,16H2,1-4H3/b8-6+,17-9?. The molecule has 0 aliphatic rings. The van der Waals surface area contributed by atoms with Gasteiger partial charge in [0.05, 0.1) is 6.61 Å². The number of esters is 1. The minimum Gasteiger partial charge on any atom is -0.462 e. The van der Waals surface area contributed by atoms with Gasteiger partial charge < -0.3 is 10.5 Å². The summed E-state index contributed by atoms with van der Waals surface area (Å²) < 4.78 is 43.2. The van der Waals surface area contributed by atoms with Crippen molar-refractivity contribution in [2.75, 3.05) is 13.2 Å². The number of rotatable bonds is 4. The molecule has 0 aliphatic carbocycles. The summed E-state index contributed by atoms with van der Waals surface area (Å²) in [5.41, 5.74) is 2.59. The van der Waals surface area contributed by atoms with Crippen molar-refractivity contribution in [2.24, 2.45) is 16.1 Å². The first-order valence-corrected chi connectivity index (χ1v) is 5.74. The molecule has 0 aliphatic heterocycles. The Bertz CT molecular complexity index is 379. The monoisotopic (exact) mass is 280 g/mol. The van der Waals surface area contributed by atoms with E-state index in [9.17, 15) is 18.0 Å². The molecule has 4 nitrogen and oxygen atoms in total. The van der Waals surface area contributed by atoms with E-state index in [2.05, 4.69) is 9.73 Å². The van der Waals surface area contributed by atoms with Crippen LogP contribution in [0.4, 0.5) is 13.2 Å². The van der Waals surface area contributed by atoms with Crippen molar-refractivity contribution < 1.29 is 22.7 Å². The van der Waals surface area contributed by atoms with Crippen LogP contribution in [0.1, 0.15) is 27.7 Å². The molecule has 7 heteroatoms. The molecule has 0 unspecified atom stereocenters. The Hall–Kier alpha value is -1.53. The van der Waals surface area contributed by atoms with Crippen molar-refractivity contribution in [1.29, 1.82) is 0 Å². The highest BCUT2D eigenvalue weighted by Crippen LogP contribution is 2.24. The van der Waals surface area contributed by atoms with Crippen LogP contribution >= 0.6 is 0 Å². The number of hydrogen-bond donors (Lipinski definition) is 1. The Kier molecular flexibility index (Phi) is 6.05. The van der Waals surface area contributed by atoms with Gasteiger partial charge >= 0.3 is 12.1 Å². The van der Waals surface area contributed by atoms with Gasteiger partial charge in [-0.3, -0.25) is 4.99 Å². The van der Waals surface area contributed by atoms with E-state index in [4.69, 9.17) is 5.73 Å². The fraction of sp³-hybridized carbons (Fsp3) is 0.667. The van der Waals surface area contributed by atoms with Crippen LogP contribution in [0, 0.1) is 5.41 Å². The molecular formula is C12H19F3N2O2. The van der Waals surface area contributed by atoms with Crippen molar-refractivity contribution >= 4 is 11.7 Å². The molecule has 0 saturated carbocycles. The average molecular weight is 280 g/mol. The van der Waals surface area contributed by atoms with Gasteiger partial charge in [0.2, 0.25) is 0 Å². The molecule has 0 fully saturated rings. The molecule has 110 valence electrons. The predicted octanol–water partition coefficient (Wildman–Crippen LogP) is 2.44. The zero-order valence-corrected chi connectivity index (χ0v) is 11.5. The third-order valence-corrected chi connectivity index (χ3v) is 1.90. The number of ether oxygens (including phenoxy) is 1. The summed E-state index contributed by atoms with van der Waals surface area (Å²) in [5.74, 6) is -1.13. The lowest BCUT2D eigenvalue weighted by molar-refractivity contribution is -0.138. The van der Waals surface area contributed by atoms with Crippen LogP contribution in [0.2, 0.25) is 0 Å². The van der Waals surface area contributed by atoms with Crippen LogP contribution in [0.5, 0.6) is 0 Å². The lowest BCUT2D eigenvalue weighted by Crippen LogP contribution is -2.31. The summed E-state index contributed by atoms with van der Waals surface area (Å²) >= 11 is 0. The minimum absolute atomic E-state index is 0.0411. The number of hydrogen-bond acceptors (Lipinski definition) is 4. The van der Waals surface area contributed by atoms with Crippen LogP contribution in [-0.4, -0.2) is 31.0 Å². The molecule has 19 heavy (non-hydrogen) atoms. The second-order valence-corrected chi connectivity index (χ2v) is 5.02. The molecule has 0 aromatic heterocycles. The minimum atomic E-state index is -4.76. The Morgan fingerprint density at radius 2 is 1.84 bits per heavy atom. The second kappa shape index (κ2) is 6.58. The summed E-state index contributed by atoms with van der Waals surface area (Å²) in [6, 6.07) is 0. The van der Waals surface area contributed by atoms with E-state index >= 15 is 0 Å². The molecule has 0 aromatic carbocycles. The van der Waals surface area contributed by atoms with Gasteiger partial charge in [-0.05, 0) is 12.3 Å². The highest BCUT2D eigenvalue weighted by molar-refractivity contribution is 6.21. The molecule has 0 radical (unpaired) electrons. The lowest BCUT2D eigenvalue weighted by atomic mass is 9.97. The largest absolute Gasteiger partial charge is 0.462 e. The molecule has 0 aromatic rings. The van der Waals surface area contributed by atoms with E-state index < -0.39 is 28.8 Å². The Morgan fingerprint density at radius 3 is 2.16 bits per heavy atom. The first-order chi connectivity index (χ1) is 8.53. The first kappa shape index (κ1) is 17.5. The van der Waals surface area contributed by atoms with E-state index in [1.807, 2.05) is 0 Å². The fourth-order valence-corrected chi connectivity index (χ4v) is 1.10. The van der Waals surface area contributed by atoms with Crippen LogP contribution in [0.3, 0.4) is 0 Å². The van der Waals surface area contributed by atoms with Crippen molar-refractivity contribution in [2.45, 2.75) is 33.9 Å². The molecule has 0 amide bonds. The van der Waals surface area contributed by atoms with E-state index in [1.165, 1.54) is 6.92 Å². The lowest BCUT2D eigenvalue weighted by Gasteiger charge is -2.18. The Labute approximate surface area is 110 Å². The Morgan fingerprint density at radius 1 is 1.32 bits per heavy atom. The van der Waals surface area contributed by atoms with E-state index in [0.717, 1.165) is 0 Å². The van der Waals surface area contributed by atoms with Crippen LogP contribution in [0.25, 0.3) is 0 Å². The van der Waals surface area contributed by atoms with Crippen LogP contribution in [0.15, 0.2) is 16.8 Å². The van der Waals surface area contributed by atoms with Crippen molar-refractivity contribution in [3.8, 4) is 0 Å². The molecule has 2 N–H and O–H groups in total. The van der Waals surface area contributed by atoms with Gasteiger partial charge in [-0.25, -0.2) is 4.79 Å². The maximum absolute atomic E-state index is 12.9. The Balaban J connectivity index is 5.43. The summed E-state index contributed by atoms with van der Waals surface area (Å²) in [4.78, 5) is 14.9. The number of nitrogens with two attached hydrogens (primary N) is 1. The van der Waals surface area contributed by atoms with Gasteiger partial charge in [0, 0.05) is 12.7 Å². The molecule has 0 saturated heterocycles. The van der Waals surface area contributed by atoms with Crippen molar-refractivity contribution in [3.05, 3.63) is 11.8 Å². The normalized spacial score (nSPS) is 14.5. The summed E-state index contributed by atoms with van der Waals surface area (Å²) in [6.07, 6.45) is -4.18. The highest BCUT2D eigenvalue weighted by Gasteiger charge is 2.41. The quantitative estimate of drug-likeness (QED) is 0.488. The second-order valence-electron chi connectivity index (χ2n) is 5.02. The van der Waals surface area contributed by atoms with E-state index in [-0.39, 0.29) is 13.2 Å². The van der Waals surface area contributed by atoms with Crippen molar-refractivity contribution in [3.63, 3.8) is 0 Å². The molecule has 0 bridgehead atoms. The van der Waals surface area contributed by atoms with Gasteiger partial charge in [-0.15, -0.1) is 0 Å². The zero-order chi connectivity index (χ0) is 15.3. The van der Waals surface area contributed by atoms with E-state index in [1.54, 1.807) is 20.8 Å². The van der Waals surface area contributed by atoms with Crippen molar-refractivity contribution in [1.82, 2.24) is 0 Å². The number of halogens is 3. The van der Waals surface area contributed by atoms with Crippen LogP contribution in [-0.2, 0) is 9.53 Å². The maximum Gasteiger partial charge on any atom is 0.433 e. The first-order valence-electron chi connectivity index (χ1n) is 5.74. The smallest absolute Gasteiger partial charge is 0.433 e. The van der Waals surface area contributed by atoms with Gasteiger partial charge in [-0.2, -0.15) is 13.2 Å². The highest BCUT2D eigenvalue weighted by atomic mass is 19.4. The molecule has 0 atom stereocenters. The van der Waals surface area contributed by atoms with Crippen LogP contribution < -0.4 is 5.73 Å². The third kappa shape index (κ3) is 6.26. The molecule has 0 rings (SSSR count). The fourth-order valence-electron chi connectivity index (χ4n) is 1.10. The third-order valence-electron chi connectivity index (χ3n) is 1.90. The topological polar surface area (TPSA) is 64.7 Å². The number of carbonyl (C=O) groups is 1. The van der Waals surface area contributed by atoms with Gasteiger partial charge in [0.15, 0.2) is 5.71 Å². The molecule has 0 heterocycles. The van der Waals surface area contributed by atoms with Gasteiger partial charge in [0.1, 0.15) is 5.57 Å². The van der Waals surface area contributed by atoms with Gasteiger partial charge in [-0.1, -0.05) is 20.8 Å². The number of carbonyl (C=O) groups excluding carboxylic acids is 1. The van der Waals surface area contributed by atoms with E-state index in [0.29, 0.717) is 6.20 Å². The summed E-state index contributed by atoms with van der Waals surface area (Å²) in [7, 11) is 0. The average Bonchev–Trinajstić information content (AvgIpc) is 2.21. The maximum atomic E-state index is 12.9. The zero-order valence-electron chi connectivity index (χ0n) is 11.5. The predicted molar refractivity (Wildman–Crippen MR) is 66.7 cm³/mol. The number of alkyl halides is 3. The molecule has 0 spiro atoms. The summed E-state index contributed by atoms with van der Waals surface area (Å²) in [6.45, 7) is 6.58. The summed E-state index contributed by atoms with van der Waals surface area (Å²) in [5, 5.41) is 0. The molecular weight excluding hydrogens is 261 g/mol. The van der Waals surface area contributed by atoms with Gasteiger partial charge in [0.25, 0.3) is 0 Å². The SMILES string of the molecule is CCOC(=O)/C(=C/N)C(=NCC(C)(C)C)C(F)(F)F. The number of aliphatic imine (C=N–C) groups is 1. The number of nitrogens with zero attached hydrogens (tertiary/aromatic N) is 1.